The Balaban J connectivity index is 1.21. The summed E-state index contributed by atoms with van der Waals surface area (Å²) in [7, 11) is 0. The van der Waals surface area contributed by atoms with Gasteiger partial charge in [-0.05, 0) is 109 Å². The molecule has 11 rings (SSSR count). The van der Waals surface area contributed by atoms with Crippen LogP contribution >= 0.6 is 0 Å². The quantitative estimate of drug-likeness (QED) is 0.130. The van der Waals surface area contributed by atoms with Crippen LogP contribution in [0.2, 0.25) is 0 Å². The highest BCUT2D eigenvalue weighted by molar-refractivity contribution is 6.23. The van der Waals surface area contributed by atoms with Crippen LogP contribution < -0.4 is 0 Å². The zero-order valence-electron chi connectivity index (χ0n) is 29.4. The number of rotatable bonds is 5. The summed E-state index contributed by atoms with van der Waals surface area (Å²) in [6.45, 7) is 0. The van der Waals surface area contributed by atoms with Crippen molar-refractivity contribution in [1.82, 2.24) is 4.57 Å². The van der Waals surface area contributed by atoms with Gasteiger partial charge in [0.25, 0.3) is 0 Å². The largest absolute Gasteiger partial charge is 0.453 e. The van der Waals surface area contributed by atoms with Crippen molar-refractivity contribution in [1.29, 1.82) is 0 Å². The number of pyridine rings is 1. The number of fused-ring (bicyclic) bond motifs is 4. The van der Waals surface area contributed by atoms with E-state index in [-0.39, 0.29) is 0 Å². The van der Waals surface area contributed by atoms with Crippen molar-refractivity contribution in [2.45, 2.75) is 0 Å². The van der Waals surface area contributed by atoms with Crippen LogP contribution in [0.5, 0.6) is 0 Å². The fourth-order valence-corrected chi connectivity index (χ4v) is 8.42. The predicted octanol–water partition coefficient (Wildman–Crippen LogP) is 14.5. The van der Waals surface area contributed by atoms with Gasteiger partial charge in [-0.3, -0.25) is 0 Å². The average molecular weight is 688 g/mol. The normalized spacial score (nSPS) is 11.7. The van der Waals surface area contributed by atoms with Gasteiger partial charge in [-0.2, -0.15) is 0 Å². The third kappa shape index (κ3) is 4.88. The lowest BCUT2D eigenvalue weighted by atomic mass is 9.91. The molecule has 0 N–H and O–H groups in total. The molecule has 0 saturated carbocycles. The lowest BCUT2D eigenvalue weighted by molar-refractivity contribution is 0.648. The first-order valence-corrected chi connectivity index (χ1v) is 18.5. The van der Waals surface area contributed by atoms with E-state index in [0.717, 1.165) is 50.1 Å². The zero-order valence-corrected chi connectivity index (χ0v) is 29.4. The van der Waals surface area contributed by atoms with Crippen molar-refractivity contribution >= 4 is 43.7 Å². The summed E-state index contributed by atoms with van der Waals surface area (Å²) in [6.07, 6.45) is 0. The van der Waals surface area contributed by atoms with Crippen LogP contribution in [-0.2, 0) is 0 Å². The van der Waals surface area contributed by atoms with Crippen molar-refractivity contribution in [2.75, 3.05) is 0 Å². The summed E-state index contributed by atoms with van der Waals surface area (Å²) in [4.78, 5) is 0. The summed E-state index contributed by atoms with van der Waals surface area (Å²) in [5, 5.41) is 4.87. The summed E-state index contributed by atoms with van der Waals surface area (Å²) >= 11 is 0. The Morgan fingerprint density at radius 2 is 0.796 bits per heavy atom. The monoisotopic (exact) mass is 687 g/mol. The second-order valence-electron chi connectivity index (χ2n) is 14.1. The molecule has 9 aromatic rings. The zero-order chi connectivity index (χ0) is 35.6. The van der Waals surface area contributed by atoms with E-state index in [1.165, 1.54) is 54.9 Å². The molecular formula is C52H33NO. The molecule has 2 aliphatic heterocycles. The van der Waals surface area contributed by atoms with Gasteiger partial charge in [0.05, 0.1) is 16.7 Å². The Morgan fingerprint density at radius 3 is 1.46 bits per heavy atom. The van der Waals surface area contributed by atoms with E-state index < -0.39 is 0 Å². The van der Waals surface area contributed by atoms with Gasteiger partial charge in [0.2, 0.25) is 0 Å². The maximum Gasteiger partial charge on any atom is 0.152 e. The number of hydrogen-bond acceptors (Lipinski definition) is 1. The van der Waals surface area contributed by atoms with Crippen LogP contribution in [0.3, 0.4) is 0 Å². The molecule has 2 nitrogen and oxygen atoms in total. The van der Waals surface area contributed by atoms with Crippen molar-refractivity contribution < 1.29 is 4.42 Å². The van der Waals surface area contributed by atoms with Gasteiger partial charge in [-0.15, -0.1) is 0 Å². The molecule has 54 heavy (non-hydrogen) atoms. The van der Waals surface area contributed by atoms with E-state index in [0.29, 0.717) is 0 Å². The maximum absolute atomic E-state index is 7.04. The average Bonchev–Trinajstić information content (AvgIpc) is 3.25. The fourth-order valence-electron chi connectivity index (χ4n) is 8.42. The molecule has 0 amide bonds. The summed E-state index contributed by atoms with van der Waals surface area (Å²) in [6, 6.07) is 72.1. The van der Waals surface area contributed by atoms with Crippen molar-refractivity contribution in [3.63, 3.8) is 0 Å². The highest BCUT2D eigenvalue weighted by Crippen LogP contribution is 2.45. The molecule has 0 aromatic heterocycles. The molecule has 0 atom stereocenters. The van der Waals surface area contributed by atoms with E-state index >= 15 is 0 Å². The Morgan fingerprint density at radius 1 is 0.296 bits per heavy atom. The van der Waals surface area contributed by atoms with Crippen LogP contribution in [0.1, 0.15) is 0 Å². The summed E-state index contributed by atoms with van der Waals surface area (Å²) in [5.41, 5.74) is 16.7. The fraction of sp³-hybridized carbons (Fsp3) is 0. The minimum atomic E-state index is 0.839. The summed E-state index contributed by atoms with van der Waals surface area (Å²) < 4.78 is 9.47. The maximum atomic E-state index is 7.04. The molecular weight excluding hydrogens is 655 g/mol. The molecule has 2 aliphatic rings. The molecule has 2 heteroatoms. The first-order valence-electron chi connectivity index (χ1n) is 18.5. The second-order valence-corrected chi connectivity index (χ2v) is 14.1. The molecule has 0 spiro atoms. The molecule has 0 saturated heterocycles. The van der Waals surface area contributed by atoms with E-state index in [9.17, 15) is 0 Å². The Labute approximate surface area is 313 Å². The second kappa shape index (κ2) is 12.2. The number of hydrogen-bond donors (Lipinski definition) is 0. The third-order valence-corrected chi connectivity index (χ3v) is 11.0. The van der Waals surface area contributed by atoms with Gasteiger partial charge in [0.1, 0.15) is 0 Å². The van der Waals surface area contributed by atoms with Gasteiger partial charge >= 0.3 is 0 Å². The number of nitrogens with zero attached hydrogens (tertiary/aromatic N) is 1. The Kier molecular flexibility index (Phi) is 6.90. The van der Waals surface area contributed by atoms with Gasteiger partial charge in [-0.1, -0.05) is 158 Å². The van der Waals surface area contributed by atoms with Gasteiger partial charge < -0.3 is 8.98 Å². The molecule has 2 heterocycles. The molecule has 0 unspecified atom stereocenters. The number of benzene rings is 9. The molecule has 0 fully saturated rings. The standard InChI is InChI=1S/C52H33NO/c1-4-13-34(14-5-1)37-19-10-21-39(29-37)41-25-27-47-49(32-41)54-50-33-42(40-22-11-20-38(30-40)35-15-6-2-7-16-35)31-46-45-24-12-23-44-43(36-17-8-3-9-18-36)26-28-48(51(44)45)53(47)52(46)50/h1-33H. The molecule has 0 bridgehead atoms. The SMILES string of the molecule is c1ccc(-c2cccc(-c3ccc4c(c3)oc3cc(-c5cccc(-c6ccccc6)c5)cc5c3-n4c3ccc(-c4ccccc4)c4cccc5c43)c2)cc1. The van der Waals surface area contributed by atoms with Crippen LogP contribution in [0, 0.1) is 0 Å². The van der Waals surface area contributed by atoms with E-state index in [1.54, 1.807) is 0 Å². The van der Waals surface area contributed by atoms with Crippen LogP contribution in [-0.4, -0.2) is 4.57 Å². The van der Waals surface area contributed by atoms with Crippen LogP contribution in [0.4, 0.5) is 0 Å². The summed E-state index contributed by atoms with van der Waals surface area (Å²) in [5.74, 6) is 0. The van der Waals surface area contributed by atoms with Crippen LogP contribution in [0.15, 0.2) is 205 Å². The third-order valence-electron chi connectivity index (χ3n) is 11.0. The molecule has 252 valence electrons. The van der Waals surface area contributed by atoms with E-state index in [4.69, 9.17) is 4.42 Å². The first-order chi connectivity index (χ1) is 26.8. The number of aromatic nitrogens is 1. The van der Waals surface area contributed by atoms with Crippen molar-refractivity contribution in [3.05, 3.63) is 200 Å². The minimum absolute atomic E-state index is 0.839. The Hall–Kier alpha value is -7.16. The minimum Gasteiger partial charge on any atom is -0.453 e. The lowest BCUT2D eigenvalue weighted by Crippen LogP contribution is -2.06. The van der Waals surface area contributed by atoms with Gasteiger partial charge in [-0.25, -0.2) is 0 Å². The van der Waals surface area contributed by atoms with E-state index in [1.807, 2.05) is 0 Å². The first kappa shape index (κ1) is 30.5. The van der Waals surface area contributed by atoms with Gasteiger partial charge in [0, 0.05) is 10.8 Å². The topological polar surface area (TPSA) is 18.1 Å². The molecule has 0 radical (unpaired) electrons. The molecule has 0 aliphatic carbocycles. The lowest BCUT2D eigenvalue weighted by Gasteiger charge is -2.24. The molecule has 9 aromatic carbocycles. The smallest absolute Gasteiger partial charge is 0.152 e. The highest BCUT2D eigenvalue weighted by Gasteiger charge is 2.23. The van der Waals surface area contributed by atoms with Gasteiger partial charge in [0.15, 0.2) is 11.2 Å². The highest BCUT2D eigenvalue weighted by atomic mass is 16.3. The van der Waals surface area contributed by atoms with Crippen molar-refractivity contribution in [3.8, 4) is 61.3 Å². The van der Waals surface area contributed by atoms with Crippen LogP contribution in [0.25, 0.3) is 105 Å². The van der Waals surface area contributed by atoms with E-state index in [2.05, 4.69) is 205 Å². The predicted molar refractivity (Wildman–Crippen MR) is 226 cm³/mol. The Bertz CT molecular complexity index is 3130. The van der Waals surface area contributed by atoms with Crippen molar-refractivity contribution in [2.24, 2.45) is 0 Å².